The summed E-state index contributed by atoms with van der Waals surface area (Å²) in [6, 6.07) is 0. The van der Waals surface area contributed by atoms with Crippen LogP contribution in [0.3, 0.4) is 0 Å². The van der Waals surface area contributed by atoms with Gasteiger partial charge in [-0.05, 0) is 104 Å². The molecule has 0 heterocycles. The van der Waals surface area contributed by atoms with E-state index in [1.165, 1.54) is 44.9 Å². The molecule has 0 aromatic rings. The predicted octanol–water partition coefficient (Wildman–Crippen LogP) is 7.80. The lowest BCUT2D eigenvalue weighted by atomic mass is 9.47. The summed E-state index contributed by atoms with van der Waals surface area (Å²) in [5, 5.41) is 10.5. The second-order valence-electron chi connectivity index (χ2n) is 12.6. The average Bonchev–Trinajstić information content (AvgIpc) is 3.06. The SMILES string of the molecule is CC(C)[C@@H](C)/C=C/[C@@H](C)[C@H]1CCC2=C3CC[C@H]4[C@H](C)[C@@H](O)CC[C@]4(C)C3CC[C@@]21C. The predicted molar refractivity (Wildman–Crippen MR) is 128 cm³/mol. The standard InChI is InChI=1S/C29H48O/c1-18(2)19(3)8-9-20(4)23-12-13-25-22-10-11-24-21(5)27(30)15-17-29(24,7)26(22)14-16-28(23,25)6/h8-9,18-21,23-24,26-27,30H,10-17H2,1-7H3/b9-8+/t19-,20+,21-,23+,24-,26?,27-,28+,29-/m0/s1. The fourth-order valence-corrected chi connectivity index (χ4v) is 8.54. The van der Waals surface area contributed by atoms with Crippen LogP contribution in [0.15, 0.2) is 23.3 Å². The molecule has 170 valence electrons. The van der Waals surface area contributed by atoms with E-state index in [0.29, 0.717) is 28.6 Å². The van der Waals surface area contributed by atoms with Gasteiger partial charge < -0.3 is 5.11 Å². The van der Waals surface area contributed by atoms with Crippen molar-refractivity contribution in [3.05, 3.63) is 23.3 Å². The van der Waals surface area contributed by atoms with E-state index in [1.807, 2.05) is 11.1 Å². The highest BCUT2D eigenvalue weighted by Crippen LogP contribution is 2.66. The fourth-order valence-electron chi connectivity index (χ4n) is 8.54. The van der Waals surface area contributed by atoms with Crippen molar-refractivity contribution in [2.45, 2.75) is 106 Å². The molecule has 4 rings (SSSR count). The van der Waals surface area contributed by atoms with Gasteiger partial charge in [-0.25, -0.2) is 0 Å². The summed E-state index contributed by atoms with van der Waals surface area (Å²) in [7, 11) is 0. The van der Waals surface area contributed by atoms with Crippen molar-refractivity contribution in [3.8, 4) is 0 Å². The van der Waals surface area contributed by atoms with Crippen LogP contribution in [0.2, 0.25) is 0 Å². The first-order chi connectivity index (χ1) is 14.1. The zero-order chi connectivity index (χ0) is 21.8. The minimum atomic E-state index is -0.0668. The van der Waals surface area contributed by atoms with E-state index >= 15 is 0 Å². The highest BCUT2D eigenvalue weighted by atomic mass is 16.3. The van der Waals surface area contributed by atoms with Crippen LogP contribution >= 0.6 is 0 Å². The van der Waals surface area contributed by atoms with Crippen molar-refractivity contribution >= 4 is 0 Å². The molecule has 0 radical (unpaired) electrons. The van der Waals surface area contributed by atoms with Crippen LogP contribution in [-0.4, -0.2) is 11.2 Å². The summed E-state index contributed by atoms with van der Waals surface area (Å²) in [6.07, 6.45) is 15.4. The smallest absolute Gasteiger partial charge is 0.0568 e. The fraction of sp³-hybridized carbons (Fsp3) is 0.862. The molecule has 1 N–H and O–H groups in total. The van der Waals surface area contributed by atoms with Gasteiger partial charge in [0.15, 0.2) is 0 Å². The van der Waals surface area contributed by atoms with Crippen molar-refractivity contribution in [2.24, 2.45) is 52.3 Å². The maximum absolute atomic E-state index is 10.5. The molecular formula is C29H48O. The number of hydrogen-bond acceptors (Lipinski definition) is 1. The topological polar surface area (TPSA) is 20.2 Å². The molecule has 3 saturated carbocycles. The summed E-state index contributed by atoms with van der Waals surface area (Å²) >= 11 is 0. The molecule has 0 saturated heterocycles. The summed E-state index contributed by atoms with van der Waals surface area (Å²) in [5.41, 5.74) is 4.64. The first-order valence-corrected chi connectivity index (χ1v) is 13.2. The molecule has 1 unspecified atom stereocenters. The van der Waals surface area contributed by atoms with E-state index in [0.717, 1.165) is 30.1 Å². The van der Waals surface area contributed by atoms with Crippen molar-refractivity contribution < 1.29 is 5.11 Å². The number of allylic oxidation sites excluding steroid dienone is 4. The van der Waals surface area contributed by atoms with Gasteiger partial charge in [-0.3, -0.25) is 0 Å². The maximum Gasteiger partial charge on any atom is 0.0568 e. The van der Waals surface area contributed by atoms with Gasteiger partial charge in [-0.1, -0.05) is 71.8 Å². The van der Waals surface area contributed by atoms with Gasteiger partial charge in [0.1, 0.15) is 0 Å². The molecule has 9 atom stereocenters. The minimum absolute atomic E-state index is 0.0668. The van der Waals surface area contributed by atoms with E-state index < -0.39 is 0 Å². The van der Waals surface area contributed by atoms with Gasteiger partial charge in [0.25, 0.3) is 0 Å². The Bertz CT molecular complexity index is 701. The number of aliphatic hydroxyl groups excluding tert-OH is 1. The molecule has 0 aliphatic heterocycles. The Morgan fingerprint density at radius 3 is 2.37 bits per heavy atom. The molecular weight excluding hydrogens is 364 g/mol. The second kappa shape index (κ2) is 8.09. The lowest BCUT2D eigenvalue weighted by Crippen LogP contribution is -2.51. The molecule has 0 spiro atoms. The Labute approximate surface area is 186 Å². The van der Waals surface area contributed by atoms with Gasteiger partial charge >= 0.3 is 0 Å². The van der Waals surface area contributed by atoms with Crippen LogP contribution in [0.25, 0.3) is 0 Å². The van der Waals surface area contributed by atoms with Gasteiger partial charge in [-0.15, -0.1) is 0 Å². The monoisotopic (exact) mass is 412 g/mol. The van der Waals surface area contributed by atoms with Crippen molar-refractivity contribution in [1.29, 1.82) is 0 Å². The zero-order valence-electron chi connectivity index (χ0n) is 20.9. The minimum Gasteiger partial charge on any atom is -0.393 e. The number of fused-ring (bicyclic) bond motifs is 4. The van der Waals surface area contributed by atoms with Crippen LogP contribution in [0.5, 0.6) is 0 Å². The molecule has 0 bridgehead atoms. The highest BCUT2D eigenvalue weighted by molar-refractivity contribution is 5.35. The van der Waals surface area contributed by atoms with Crippen molar-refractivity contribution in [3.63, 3.8) is 0 Å². The van der Waals surface area contributed by atoms with Crippen LogP contribution in [-0.2, 0) is 0 Å². The maximum atomic E-state index is 10.5. The molecule has 4 aliphatic carbocycles. The Morgan fingerprint density at radius 2 is 1.67 bits per heavy atom. The third kappa shape index (κ3) is 3.46. The van der Waals surface area contributed by atoms with E-state index in [2.05, 4.69) is 60.6 Å². The Hall–Kier alpha value is -0.560. The third-order valence-electron chi connectivity index (χ3n) is 11.0. The van der Waals surface area contributed by atoms with Crippen LogP contribution in [0.4, 0.5) is 0 Å². The summed E-state index contributed by atoms with van der Waals surface area (Å²) in [6.45, 7) is 17.1. The number of hydrogen-bond donors (Lipinski definition) is 1. The van der Waals surface area contributed by atoms with E-state index in [9.17, 15) is 5.11 Å². The van der Waals surface area contributed by atoms with E-state index in [1.54, 1.807) is 0 Å². The first-order valence-electron chi connectivity index (χ1n) is 13.2. The lowest BCUT2D eigenvalue weighted by Gasteiger charge is -2.58. The van der Waals surface area contributed by atoms with Crippen LogP contribution < -0.4 is 0 Å². The summed E-state index contributed by atoms with van der Waals surface area (Å²) in [5.74, 6) is 4.89. The second-order valence-corrected chi connectivity index (χ2v) is 12.6. The molecule has 4 aliphatic rings. The largest absolute Gasteiger partial charge is 0.393 e. The van der Waals surface area contributed by atoms with Crippen molar-refractivity contribution in [1.82, 2.24) is 0 Å². The highest BCUT2D eigenvalue weighted by Gasteiger charge is 2.56. The molecule has 0 amide bonds. The van der Waals surface area contributed by atoms with Crippen molar-refractivity contribution in [2.75, 3.05) is 0 Å². The molecule has 3 fully saturated rings. The van der Waals surface area contributed by atoms with E-state index in [-0.39, 0.29) is 6.10 Å². The zero-order valence-corrected chi connectivity index (χ0v) is 20.9. The van der Waals surface area contributed by atoms with Gasteiger partial charge in [-0.2, -0.15) is 0 Å². The van der Waals surface area contributed by atoms with Gasteiger partial charge in [0.2, 0.25) is 0 Å². The molecule has 30 heavy (non-hydrogen) atoms. The quantitative estimate of drug-likeness (QED) is 0.467. The van der Waals surface area contributed by atoms with Gasteiger partial charge in [0.05, 0.1) is 6.10 Å². The normalized spacial score (nSPS) is 46.0. The molecule has 1 nitrogen and oxygen atoms in total. The summed E-state index contributed by atoms with van der Waals surface area (Å²) < 4.78 is 0. The average molecular weight is 413 g/mol. The van der Waals surface area contributed by atoms with Crippen LogP contribution in [0, 0.1) is 52.3 Å². The van der Waals surface area contributed by atoms with E-state index in [4.69, 9.17) is 0 Å². The number of aliphatic hydroxyl groups is 1. The lowest BCUT2D eigenvalue weighted by molar-refractivity contribution is -0.0777. The molecule has 1 heteroatoms. The molecule has 0 aromatic carbocycles. The van der Waals surface area contributed by atoms with Gasteiger partial charge in [0, 0.05) is 0 Å². The molecule has 0 aromatic heterocycles. The first kappa shape index (κ1) is 22.6. The number of rotatable bonds is 4. The Morgan fingerprint density at radius 1 is 0.933 bits per heavy atom. The van der Waals surface area contributed by atoms with Crippen LogP contribution in [0.1, 0.15) is 99.8 Å². The Kier molecular flexibility index (Phi) is 6.10. The third-order valence-corrected chi connectivity index (χ3v) is 11.0. The summed E-state index contributed by atoms with van der Waals surface area (Å²) in [4.78, 5) is 0. The Balaban J connectivity index is 1.59.